The van der Waals surface area contributed by atoms with Gasteiger partial charge in [0.05, 0.1) is 0 Å². The zero-order valence-electron chi connectivity index (χ0n) is 8.76. The Balaban J connectivity index is 2.70. The van der Waals surface area contributed by atoms with Crippen LogP contribution >= 0.6 is 11.6 Å². The Morgan fingerprint density at radius 1 is 1.43 bits per heavy atom. The van der Waals surface area contributed by atoms with E-state index in [4.69, 9.17) is 17.3 Å². The third-order valence-corrected chi connectivity index (χ3v) is 2.48. The molecule has 0 radical (unpaired) electrons. The minimum atomic E-state index is 0.772. The molecule has 0 fully saturated rings. The molecule has 0 atom stereocenters. The van der Waals surface area contributed by atoms with Crippen molar-refractivity contribution in [3.05, 3.63) is 28.8 Å². The molecule has 0 bridgehead atoms. The lowest BCUT2D eigenvalue weighted by atomic mass is 10.2. The van der Waals surface area contributed by atoms with E-state index in [9.17, 15) is 0 Å². The normalized spacial score (nSPS) is 10.9. The van der Waals surface area contributed by atoms with Gasteiger partial charge >= 0.3 is 0 Å². The van der Waals surface area contributed by atoms with Gasteiger partial charge in [0.2, 0.25) is 0 Å². The molecular weight excluding hydrogens is 196 g/mol. The third kappa shape index (κ3) is 3.20. The lowest BCUT2D eigenvalue weighted by molar-refractivity contribution is 0.327. The van der Waals surface area contributed by atoms with Crippen molar-refractivity contribution in [1.82, 2.24) is 4.90 Å². The van der Waals surface area contributed by atoms with Crippen molar-refractivity contribution in [3.63, 3.8) is 0 Å². The highest BCUT2D eigenvalue weighted by atomic mass is 35.5. The summed E-state index contributed by atoms with van der Waals surface area (Å²) in [5, 5.41) is 0.794. The minimum Gasteiger partial charge on any atom is -0.399 e. The first-order valence-electron chi connectivity index (χ1n) is 4.86. The first-order chi connectivity index (χ1) is 6.63. The highest BCUT2D eigenvalue weighted by molar-refractivity contribution is 6.31. The van der Waals surface area contributed by atoms with Crippen LogP contribution < -0.4 is 5.73 Å². The van der Waals surface area contributed by atoms with Gasteiger partial charge in [0.15, 0.2) is 0 Å². The molecule has 0 aromatic heterocycles. The molecule has 2 nitrogen and oxygen atoms in total. The maximum Gasteiger partial charge on any atom is 0.0452 e. The molecule has 0 amide bonds. The van der Waals surface area contributed by atoms with Gasteiger partial charge in [0.25, 0.3) is 0 Å². The number of anilines is 1. The van der Waals surface area contributed by atoms with Gasteiger partial charge in [-0.1, -0.05) is 18.5 Å². The Hall–Kier alpha value is -0.730. The summed E-state index contributed by atoms with van der Waals surface area (Å²) >= 11 is 6.06. The number of nitrogens with zero attached hydrogens (tertiary/aromatic N) is 1. The minimum absolute atomic E-state index is 0.772. The second-order valence-electron chi connectivity index (χ2n) is 3.59. The van der Waals surface area contributed by atoms with Gasteiger partial charge < -0.3 is 10.6 Å². The molecule has 78 valence electrons. The molecule has 0 saturated heterocycles. The molecule has 1 rings (SSSR count). The van der Waals surface area contributed by atoms with Crippen molar-refractivity contribution < 1.29 is 0 Å². The number of halogens is 1. The molecule has 0 aliphatic heterocycles. The average molecular weight is 213 g/mol. The van der Waals surface area contributed by atoms with Crippen molar-refractivity contribution >= 4 is 17.3 Å². The van der Waals surface area contributed by atoms with Crippen LogP contribution in [0.2, 0.25) is 5.02 Å². The topological polar surface area (TPSA) is 29.3 Å². The van der Waals surface area contributed by atoms with Crippen molar-refractivity contribution in [2.24, 2.45) is 0 Å². The number of hydrogen-bond donors (Lipinski definition) is 1. The molecule has 1 aromatic carbocycles. The van der Waals surface area contributed by atoms with E-state index in [1.807, 2.05) is 18.2 Å². The van der Waals surface area contributed by atoms with Crippen LogP contribution in [-0.4, -0.2) is 18.5 Å². The second-order valence-corrected chi connectivity index (χ2v) is 4.00. The summed E-state index contributed by atoms with van der Waals surface area (Å²) in [7, 11) is 2.09. The van der Waals surface area contributed by atoms with Crippen molar-refractivity contribution in [1.29, 1.82) is 0 Å². The molecule has 0 aliphatic rings. The molecule has 0 saturated carbocycles. The first kappa shape index (κ1) is 11.3. The fraction of sp³-hybridized carbons (Fsp3) is 0.455. The van der Waals surface area contributed by atoms with Gasteiger partial charge in [-0.05, 0) is 43.8 Å². The van der Waals surface area contributed by atoms with E-state index in [0.717, 1.165) is 35.8 Å². The Kier molecular flexibility index (Phi) is 4.23. The summed E-state index contributed by atoms with van der Waals surface area (Å²) < 4.78 is 0. The largest absolute Gasteiger partial charge is 0.399 e. The summed E-state index contributed by atoms with van der Waals surface area (Å²) in [6.07, 6.45) is 1.15. The standard InChI is InChI=1S/C11H17ClN2/c1-3-6-14(2)8-9-7-10(13)4-5-11(9)12/h4-5,7H,3,6,8,13H2,1-2H3. The first-order valence-corrected chi connectivity index (χ1v) is 5.23. The maximum atomic E-state index is 6.06. The number of rotatable bonds is 4. The molecule has 1 aromatic rings. The van der Waals surface area contributed by atoms with Gasteiger partial charge in [-0.2, -0.15) is 0 Å². The van der Waals surface area contributed by atoms with Gasteiger partial charge in [-0.15, -0.1) is 0 Å². The molecule has 3 heteroatoms. The Labute approximate surface area is 90.7 Å². The molecule has 0 unspecified atom stereocenters. The number of nitrogen functional groups attached to an aromatic ring is 1. The molecule has 0 aliphatic carbocycles. The van der Waals surface area contributed by atoms with Gasteiger partial charge in [-0.3, -0.25) is 0 Å². The van der Waals surface area contributed by atoms with Gasteiger partial charge in [0, 0.05) is 17.3 Å². The summed E-state index contributed by atoms with van der Waals surface area (Å²) in [5.41, 5.74) is 7.57. The van der Waals surface area contributed by atoms with E-state index >= 15 is 0 Å². The lowest BCUT2D eigenvalue weighted by Crippen LogP contribution is -2.18. The van der Waals surface area contributed by atoms with Crippen LogP contribution in [0.1, 0.15) is 18.9 Å². The van der Waals surface area contributed by atoms with Crippen LogP contribution in [0.25, 0.3) is 0 Å². The maximum absolute atomic E-state index is 6.06. The van der Waals surface area contributed by atoms with E-state index in [1.165, 1.54) is 0 Å². The van der Waals surface area contributed by atoms with E-state index < -0.39 is 0 Å². The highest BCUT2D eigenvalue weighted by Gasteiger charge is 2.03. The van der Waals surface area contributed by atoms with Crippen LogP contribution in [-0.2, 0) is 6.54 Å². The Bertz CT molecular complexity index is 299. The zero-order chi connectivity index (χ0) is 10.6. The predicted octanol–water partition coefficient (Wildman–Crippen LogP) is 2.76. The van der Waals surface area contributed by atoms with Crippen LogP contribution in [0.3, 0.4) is 0 Å². The summed E-state index contributed by atoms with van der Waals surface area (Å²) in [5.74, 6) is 0. The smallest absolute Gasteiger partial charge is 0.0452 e. The Morgan fingerprint density at radius 3 is 2.79 bits per heavy atom. The molecule has 14 heavy (non-hydrogen) atoms. The van der Waals surface area contributed by atoms with Crippen molar-refractivity contribution in [2.45, 2.75) is 19.9 Å². The lowest BCUT2D eigenvalue weighted by Gasteiger charge is -2.16. The predicted molar refractivity (Wildman–Crippen MR) is 62.5 cm³/mol. The second kappa shape index (κ2) is 5.23. The molecule has 0 spiro atoms. The van der Waals surface area contributed by atoms with Crippen LogP contribution in [0.5, 0.6) is 0 Å². The summed E-state index contributed by atoms with van der Waals surface area (Å²) in [6, 6.07) is 5.62. The fourth-order valence-electron chi connectivity index (χ4n) is 1.47. The van der Waals surface area contributed by atoms with E-state index in [0.29, 0.717) is 0 Å². The highest BCUT2D eigenvalue weighted by Crippen LogP contribution is 2.20. The number of nitrogens with two attached hydrogens (primary N) is 1. The van der Waals surface area contributed by atoms with Gasteiger partial charge in [-0.25, -0.2) is 0 Å². The summed E-state index contributed by atoms with van der Waals surface area (Å²) in [4.78, 5) is 2.24. The Morgan fingerprint density at radius 2 is 2.14 bits per heavy atom. The number of benzene rings is 1. The number of hydrogen-bond acceptors (Lipinski definition) is 2. The molecular formula is C11H17ClN2. The van der Waals surface area contributed by atoms with Crippen molar-refractivity contribution in [2.75, 3.05) is 19.3 Å². The van der Waals surface area contributed by atoms with Crippen molar-refractivity contribution in [3.8, 4) is 0 Å². The fourth-order valence-corrected chi connectivity index (χ4v) is 1.64. The van der Waals surface area contributed by atoms with E-state index in [-0.39, 0.29) is 0 Å². The van der Waals surface area contributed by atoms with Crippen LogP contribution in [0.4, 0.5) is 5.69 Å². The molecule has 2 N–H and O–H groups in total. The van der Waals surface area contributed by atoms with E-state index in [1.54, 1.807) is 0 Å². The third-order valence-electron chi connectivity index (χ3n) is 2.12. The quantitative estimate of drug-likeness (QED) is 0.778. The van der Waals surface area contributed by atoms with Gasteiger partial charge in [0.1, 0.15) is 0 Å². The average Bonchev–Trinajstić information content (AvgIpc) is 2.12. The summed E-state index contributed by atoms with van der Waals surface area (Å²) in [6.45, 7) is 4.10. The SMILES string of the molecule is CCCN(C)Cc1cc(N)ccc1Cl. The molecule has 0 heterocycles. The zero-order valence-corrected chi connectivity index (χ0v) is 9.51. The van der Waals surface area contributed by atoms with E-state index in [2.05, 4.69) is 18.9 Å². The van der Waals surface area contributed by atoms with Crippen LogP contribution in [0, 0.1) is 0 Å². The monoisotopic (exact) mass is 212 g/mol. The van der Waals surface area contributed by atoms with Crippen LogP contribution in [0.15, 0.2) is 18.2 Å².